The number of carbonyl (C=O) groups is 3. The fraction of sp³-hybridized carbons (Fsp3) is 0. The second-order valence-corrected chi connectivity index (χ2v) is 6.64. The first-order valence-corrected chi connectivity index (χ1v) is 8.57. The van der Waals surface area contributed by atoms with E-state index >= 15 is 0 Å². The number of para-hydroxylation sites is 1. The summed E-state index contributed by atoms with van der Waals surface area (Å²) in [4.78, 5) is 41.3. The molecule has 3 aromatic rings. The van der Waals surface area contributed by atoms with E-state index in [0.29, 0.717) is 11.3 Å². The average molecular weight is 410 g/mol. The lowest BCUT2D eigenvalue weighted by atomic mass is 10.1. The van der Waals surface area contributed by atoms with Gasteiger partial charge in [-0.2, -0.15) is 0 Å². The minimum absolute atomic E-state index is 0.0997. The zero-order valence-electron chi connectivity index (χ0n) is 13.3. The summed E-state index contributed by atoms with van der Waals surface area (Å²) in [5.41, 5.74) is 1.87. The molecular formula is C19H12BrN3O3. The van der Waals surface area contributed by atoms with Crippen LogP contribution in [0.3, 0.4) is 0 Å². The van der Waals surface area contributed by atoms with Crippen LogP contribution >= 0.6 is 15.9 Å². The highest BCUT2D eigenvalue weighted by molar-refractivity contribution is 9.10. The van der Waals surface area contributed by atoms with Crippen LogP contribution in [0.1, 0.15) is 5.56 Å². The van der Waals surface area contributed by atoms with Crippen molar-refractivity contribution in [2.45, 2.75) is 0 Å². The molecule has 0 saturated carbocycles. The molecule has 4 rings (SSSR count). The third-order valence-corrected chi connectivity index (χ3v) is 4.64. The van der Waals surface area contributed by atoms with Gasteiger partial charge in [0.1, 0.15) is 5.57 Å². The van der Waals surface area contributed by atoms with Crippen LogP contribution in [-0.2, 0) is 9.59 Å². The van der Waals surface area contributed by atoms with E-state index < -0.39 is 17.8 Å². The Morgan fingerprint density at radius 1 is 0.962 bits per heavy atom. The minimum Gasteiger partial charge on any atom is -0.361 e. The average Bonchev–Trinajstić information content (AvgIpc) is 3.03. The van der Waals surface area contributed by atoms with Crippen molar-refractivity contribution in [2.24, 2.45) is 0 Å². The summed E-state index contributed by atoms with van der Waals surface area (Å²) >= 11 is 3.31. The van der Waals surface area contributed by atoms with E-state index in [-0.39, 0.29) is 5.57 Å². The molecule has 1 aromatic heterocycles. The molecule has 6 nitrogen and oxygen atoms in total. The largest absolute Gasteiger partial charge is 0.361 e. The molecule has 2 aromatic carbocycles. The molecule has 2 N–H and O–H groups in total. The number of carbonyl (C=O) groups excluding carboxylic acids is 3. The van der Waals surface area contributed by atoms with Crippen molar-refractivity contribution in [2.75, 3.05) is 4.90 Å². The van der Waals surface area contributed by atoms with Gasteiger partial charge in [0.05, 0.1) is 5.69 Å². The lowest BCUT2D eigenvalue weighted by Crippen LogP contribution is -2.54. The number of fused-ring (bicyclic) bond motifs is 1. The Bertz CT molecular complexity index is 1080. The Hall–Kier alpha value is -3.19. The summed E-state index contributed by atoms with van der Waals surface area (Å²) in [7, 11) is 0. The van der Waals surface area contributed by atoms with Crippen molar-refractivity contribution in [3.05, 3.63) is 70.3 Å². The van der Waals surface area contributed by atoms with Crippen molar-refractivity contribution in [1.82, 2.24) is 10.3 Å². The fourth-order valence-electron chi connectivity index (χ4n) is 2.85. The van der Waals surface area contributed by atoms with Gasteiger partial charge in [-0.05, 0) is 36.4 Å². The molecule has 128 valence electrons. The first kappa shape index (κ1) is 16.3. The number of benzene rings is 2. The van der Waals surface area contributed by atoms with Crippen molar-refractivity contribution < 1.29 is 14.4 Å². The van der Waals surface area contributed by atoms with Crippen LogP contribution in [0.15, 0.2) is 64.8 Å². The van der Waals surface area contributed by atoms with E-state index in [0.717, 1.165) is 20.3 Å². The number of halogens is 1. The van der Waals surface area contributed by atoms with Crippen LogP contribution in [-0.4, -0.2) is 22.8 Å². The lowest BCUT2D eigenvalue weighted by Gasteiger charge is -2.26. The van der Waals surface area contributed by atoms with E-state index in [4.69, 9.17) is 0 Å². The van der Waals surface area contributed by atoms with Gasteiger partial charge in [0, 0.05) is 27.1 Å². The zero-order valence-corrected chi connectivity index (χ0v) is 14.9. The van der Waals surface area contributed by atoms with Gasteiger partial charge in [0.2, 0.25) is 0 Å². The predicted octanol–water partition coefficient (Wildman–Crippen LogP) is 3.60. The molecule has 0 bridgehead atoms. The van der Waals surface area contributed by atoms with Crippen LogP contribution in [0.5, 0.6) is 0 Å². The number of hydrogen-bond acceptors (Lipinski definition) is 3. The Morgan fingerprint density at radius 3 is 2.46 bits per heavy atom. The van der Waals surface area contributed by atoms with E-state index in [2.05, 4.69) is 26.2 Å². The molecule has 0 radical (unpaired) electrons. The number of hydrogen-bond donors (Lipinski definition) is 2. The topological polar surface area (TPSA) is 82.3 Å². The van der Waals surface area contributed by atoms with Crippen LogP contribution in [0.2, 0.25) is 0 Å². The second-order valence-electron chi connectivity index (χ2n) is 5.72. The molecule has 1 saturated heterocycles. The van der Waals surface area contributed by atoms with Gasteiger partial charge in [0.15, 0.2) is 0 Å². The number of aromatic amines is 1. The lowest BCUT2D eigenvalue weighted by molar-refractivity contribution is -0.122. The van der Waals surface area contributed by atoms with Gasteiger partial charge in [-0.25, -0.2) is 9.69 Å². The molecule has 0 aliphatic carbocycles. The van der Waals surface area contributed by atoms with Gasteiger partial charge in [-0.1, -0.05) is 34.1 Å². The molecule has 0 atom stereocenters. The summed E-state index contributed by atoms with van der Waals surface area (Å²) in [5, 5.41) is 3.10. The second kappa shape index (κ2) is 6.27. The highest BCUT2D eigenvalue weighted by Crippen LogP contribution is 2.25. The maximum absolute atomic E-state index is 12.8. The normalized spacial score (nSPS) is 16.4. The Morgan fingerprint density at radius 2 is 1.69 bits per heavy atom. The fourth-order valence-corrected chi connectivity index (χ4v) is 3.12. The number of barbiturate groups is 1. The molecule has 1 aliphatic heterocycles. The molecule has 0 spiro atoms. The Balaban J connectivity index is 1.78. The number of aromatic nitrogens is 1. The van der Waals surface area contributed by atoms with Crippen molar-refractivity contribution >= 4 is 56.4 Å². The number of H-pyrrole nitrogens is 1. The number of amides is 4. The smallest absolute Gasteiger partial charge is 0.335 e. The van der Waals surface area contributed by atoms with Crippen molar-refractivity contribution in [1.29, 1.82) is 0 Å². The maximum atomic E-state index is 12.8. The molecule has 4 amide bonds. The third kappa shape index (κ3) is 2.72. The summed E-state index contributed by atoms with van der Waals surface area (Å²) < 4.78 is 0.816. The van der Waals surface area contributed by atoms with Crippen molar-refractivity contribution in [3.8, 4) is 0 Å². The van der Waals surface area contributed by atoms with E-state index in [1.54, 1.807) is 30.5 Å². The number of nitrogens with one attached hydrogen (secondary N) is 2. The van der Waals surface area contributed by atoms with Crippen LogP contribution in [0.4, 0.5) is 10.5 Å². The van der Waals surface area contributed by atoms with Crippen molar-refractivity contribution in [3.63, 3.8) is 0 Å². The summed E-state index contributed by atoms with van der Waals surface area (Å²) in [6.45, 7) is 0. The van der Waals surface area contributed by atoms with E-state index in [1.807, 2.05) is 24.3 Å². The highest BCUT2D eigenvalue weighted by atomic mass is 79.9. The Labute approximate surface area is 156 Å². The maximum Gasteiger partial charge on any atom is 0.335 e. The zero-order chi connectivity index (χ0) is 18.3. The number of rotatable bonds is 2. The van der Waals surface area contributed by atoms with Gasteiger partial charge >= 0.3 is 6.03 Å². The van der Waals surface area contributed by atoms with Gasteiger partial charge in [-0.15, -0.1) is 0 Å². The quantitative estimate of drug-likeness (QED) is 0.501. The number of urea groups is 1. The van der Waals surface area contributed by atoms with Crippen LogP contribution < -0.4 is 10.2 Å². The summed E-state index contributed by atoms with van der Waals surface area (Å²) in [5.74, 6) is -1.37. The molecule has 1 aliphatic rings. The minimum atomic E-state index is -0.765. The molecule has 1 fully saturated rings. The standard InChI is InChI=1S/C19H12BrN3O3/c20-12-5-7-13(8-6-12)23-18(25)15(17(24)22-19(23)26)9-11-10-21-16-4-2-1-3-14(11)16/h1-10,21H,(H,22,24,26)/b15-9+. The number of imide groups is 2. The summed E-state index contributed by atoms with van der Waals surface area (Å²) in [6.07, 6.45) is 3.22. The molecule has 0 unspecified atom stereocenters. The number of anilines is 1. The monoisotopic (exact) mass is 409 g/mol. The predicted molar refractivity (Wildman–Crippen MR) is 101 cm³/mol. The van der Waals surface area contributed by atoms with Gasteiger partial charge in [0.25, 0.3) is 11.8 Å². The van der Waals surface area contributed by atoms with Crippen LogP contribution in [0, 0.1) is 0 Å². The molecule has 2 heterocycles. The van der Waals surface area contributed by atoms with Gasteiger partial charge < -0.3 is 4.98 Å². The van der Waals surface area contributed by atoms with Gasteiger partial charge in [-0.3, -0.25) is 14.9 Å². The summed E-state index contributed by atoms with van der Waals surface area (Å²) in [6, 6.07) is 13.5. The van der Waals surface area contributed by atoms with Crippen LogP contribution in [0.25, 0.3) is 17.0 Å². The SMILES string of the molecule is O=C1NC(=O)N(c2ccc(Br)cc2)C(=O)/C1=C/c1c[nH]c2ccccc12. The first-order chi connectivity index (χ1) is 12.5. The molecular weight excluding hydrogens is 398 g/mol. The molecule has 26 heavy (non-hydrogen) atoms. The molecule has 7 heteroatoms. The highest BCUT2D eigenvalue weighted by Gasteiger charge is 2.36. The third-order valence-electron chi connectivity index (χ3n) is 4.11. The Kier molecular flexibility index (Phi) is 3.93. The number of nitrogens with zero attached hydrogens (tertiary/aromatic N) is 1. The van der Waals surface area contributed by atoms with E-state index in [9.17, 15) is 14.4 Å². The first-order valence-electron chi connectivity index (χ1n) is 7.78. The van der Waals surface area contributed by atoms with E-state index in [1.165, 1.54) is 6.08 Å².